The van der Waals surface area contributed by atoms with Gasteiger partial charge in [0.25, 0.3) is 0 Å². The van der Waals surface area contributed by atoms with Crippen LogP contribution in [0.15, 0.2) is 42.5 Å². The van der Waals surface area contributed by atoms with Gasteiger partial charge < -0.3 is 0 Å². The summed E-state index contributed by atoms with van der Waals surface area (Å²) in [5.74, 6) is -1.48. The van der Waals surface area contributed by atoms with E-state index in [2.05, 4.69) is 0 Å². The van der Waals surface area contributed by atoms with Crippen molar-refractivity contribution in [3.8, 4) is 6.07 Å². The second-order valence-corrected chi connectivity index (χ2v) is 5.31. The quantitative estimate of drug-likeness (QED) is 0.802. The maximum atomic E-state index is 13.0. The number of aryl methyl sites for hydroxylation is 2. The molecule has 3 rings (SSSR count). The normalized spacial score (nSPS) is 14.3. The lowest BCUT2D eigenvalue weighted by molar-refractivity contribution is 0.0978. The van der Waals surface area contributed by atoms with E-state index in [4.69, 9.17) is 0 Å². The molecule has 2 aromatic carbocycles. The van der Waals surface area contributed by atoms with E-state index in [1.165, 1.54) is 35.4 Å². The first kappa shape index (κ1) is 13.5. The van der Waals surface area contributed by atoms with Crippen LogP contribution >= 0.6 is 0 Å². The van der Waals surface area contributed by atoms with Crippen molar-refractivity contribution >= 4 is 5.78 Å². The van der Waals surface area contributed by atoms with Crippen LogP contribution in [0.2, 0.25) is 0 Å². The van der Waals surface area contributed by atoms with E-state index >= 15 is 0 Å². The molecule has 0 radical (unpaired) electrons. The Kier molecular flexibility index (Phi) is 3.53. The summed E-state index contributed by atoms with van der Waals surface area (Å²) < 4.78 is 13.0. The molecule has 0 fully saturated rings. The average molecular weight is 279 g/mol. The maximum absolute atomic E-state index is 13.0. The summed E-state index contributed by atoms with van der Waals surface area (Å²) in [4.78, 5) is 12.5. The van der Waals surface area contributed by atoms with Crippen LogP contribution in [-0.2, 0) is 12.8 Å². The van der Waals surface area contributed by atoms with Gasteiger partial charge in [-0.2, -0.15) is 5.26 Å². The van der Waals surface area contributed by atoms with Gasteiger partial charge in [0, 0.05) is 5.56 Å². The highest BCUT2D eigenvalue weighted by atomic mass is 19.1. The Balaban J connectivity index is 1.92. The van der Waals surface area contributed by atoms with Crippen molar-refractivity contribution in [2.24, 2.45) is 0 Å². The number of halogens is 1. The predicted molar refractivity (Wildman–Crippen MR) is 77.6 cm³/mol. The number of carbonyl (C=O) groups excluding carboxylic acids is 1. The first-order chi connectivity index (χ1) is 10.2. The topological polar surface area (TPSA) is 40.9 Å². The van der Waals surface area contributed by atoms with E-state index in [0.29, 0.717) is 11.1 Å². The third kappa shape index (κ3) is 2.57. The van der Waals surface area contributed by atoms with Crippen LogP contribution in [0, 0.1) is 17.1 Å². The summed E-state index contributed by atoms with van der Waals surface area (Å²) in [7, 11) is 0. The molecule has 0 spiro atoms. The van der Waals surface area contributed by atoms with Gasteiger partial charge in [0.15, 0.2) is 5.78 Å². The maximum Gasteiger partial charge on any atom is 0.184 e. The predicted octanol–water partition coefficient (Wildman–Crippen LogP) is 3.80. The van der Waals surface area contributed by atoms with E-state index < -0.39 is 5.92 Å². The van der Waals surface area contributed by atoms with Gasteiger partial charge >= 0.3 is 0 Å². The molecule has 0 N–H and O–H groups in total. The lowest BCUT2D eigenvalue weighted by Crippen LogP contribution is -2.11. The fraction of sp³-hybridized carbons (Fsp3) is 0.222. The molecule has 1 unspecified atom stereocenters. The Bertz CT molecular complexity index is 728. The highest BCUT2D eigenvalue weighted by Gasteiger charge is 2.23. The number of Topliss-reactive ketones (excluding diaryl/α,β-unsaturated/α-hetero) is 1. The Morgan fingerprint density at radius 3 is 2.52 bits per heavy atom. The molecule has 3 heteroatoms. The van der Waals surface area contributed by atoms with Crippen LogP contribution < -0.4 is 0 Å². The lowest BCUT2D eigenvalue weighted by Gasteiger charge is -2.10. The van der Waals surface area contributed by atoms with E-state index in [1.807, 2.05) is 18.2 Å². The first-order valence-corrected chi connectivity index (χ1v) is 7.00. The van der Waals surface area contributed by atoms with Crippen molar-refractivity contribution in [2.75, 3.05) is 0 Å². The fourth-order valence-corrected chi connectivity index (χ4v) is 2.83. The van der Waals surface area contributed by atoms with Crippen LogP contribution in [-0.4, -0.2) is 5.78 Å². The zero-order valence-corrected chi connectivity index (χ0v) is 11.5. The number of benzene rings is 2. The second kappa shape index (κ2) is 5.49. The molecule has 2 nitrogen and oxygen atoms in total. The molecule has 1 aliphatic rings. The minimum absolute atomic E-state index is 0.223. The SMILES string of the molecule is N#CC(C(=O)c1ccc2c(c1)CCC2)c1ccc(F)cc1. The summed E-state index contributed by atoms with van der Waals surface area (Å²) in [6.07, 6.45) is 3.17. The van der Waals surface area contributed by atoms with Crippen molar-refractivity contribution in [1.29, 1.82) is 5.26 Å². The monoisotopic (exact) mass is 279 g/mol. The number of fused-ring (bicyclic) bond motifs is 1. The van der Waals surface area contributed by atoms with Gasteiger partial charge in [-0.25, -0.2) is 4.39 Å². The van der Waals surface area contributed by atoms with Crippen molar-refractivity contribution in [3.05, 3.63) is 70.5 Å². The molecular formula is C18H14FNO. The van der Waals surface area contributed by atoms with E-state index in [0.717, 1.165) is 19.3 Å². The highest BCUT2D eigenvalue weighted by molar-refractivity contribution is 6.03. The highest BCUT2D eigenvalue weighted by Crippen LogP contribution is 2.26. The molecule has 0 saturated heterocycles. The van der Waals surface area contributed by atoms with Crippen LogP contribution in [0.5, 0.6) is 0 Å². The van der Waals surface area contributed by atoms with Gasteiger partial charge in [0.2, 0.25) is 0 Å². The molecule has 0 heterocycles. The number of carbonyl (C=O) groups is 1. The number of rotatable bonds is 3. The summed E-state index contributed by atoms with van der Waals surface area (Å²) in [6.45, 7) is 0. The number of hydrogen-bond donors (Lipinski definition) is 0. The summed E-state index contributed by atoms with van der Waals surface area (Å²) in [5.41, 5.74) is 3.59. The largest absolute Gasteiger partial charge is 0.292 e. The number of nitriles is 1. The van der Waals surface area contributed by atoms with Gasteiger partial charge in [-0.1, -0.05) is 24.3 Å². The van der Waals surface area contributed by atoms with Crippen molar-refractivity contribution in [3.63, 3.8) is 0 Å². The second-order valence-electron chi connectivity index (χ2n) is 5.31. The van der Waals surface area contributed by atoms with E-state index in [-0.39, 0.29) is 11.6 Å². The number of hydrogen-bond acceptors (Lipinski definition) is 2. The number of ketones is 1. The molecule has 0 aliphatic heterocycles. The molecule has 1 atom stereocenters. The zero-order chi connectivity index (χ0) is 14.8. The summed E-state index contributed by atoms with van der Waals surface area (Å²) in [6, 6.07) is 13.2. The molecule has 2 aromatic rings. The zero-order valence-electron chi connectivity index (χ0n) is 11.5. The smallest absolute Gasteiger partial charge is 0.184 e. The van der Waals surface area contributed by atoms with Crippen LogP contribution in [0.4, 0.5) is 4.39 Å². The summed E-state index contributed by atoms with van der Waals surface area (Å²) >= 11 is 0. The molecule has 104 valence electrons. The lowest BCUT2D eigenvalue weighted by atomic mass is 9.90. The third-order valence-corrected chi connectivity index (χ3v) is 3.98. The van der Waals surface area contributed by atoms with Crippen molar-refractivity contribution in [2.45, 2.75) is 25.2 Å². The molecule has 0 saturated carbocycles. The molecule has 1 aliphatic carbocycles. The van der Waals surface area contributed by atoms with Gasteiger partial charge in [-0.3, -0.25) is 4.79 Å². The van der Waals surface area contributed by atoms with Gasteiger partial charge in [-0.15, -0.1) is 0 Å². The van der Waals surface area contributed by atoms with E-state index in [1.54, 1.807) is 6.07 Å². The van der Waals surface area contributed by atoms with Crippen LogP contribution in [0.25, 0.3) is 0 Å². The molecule has 0 aromatic heterocycles. The molecule has 0 bridgehead atoms. The minimum atomic E-state index is -0.884. The molecule has 21 heavy (non-hydrogen) atoms. The Labute approximate surface area is 122 Å². The van der Waals surface area contributed by atoms with Gasteiger partial charge in [-0.05, 0) is 54.2 Å². The third-order valence-electron chi connectivity index (χ3n) is 3.98. The minimum Gasteiger partial charge on any atom is -0.292 e. The van der Waals surface area contributed by atoms with Gasteiger partial charge in [0.1, 0.15) is 11.7 Å². The standard InChI is InChI=1S/C18H14FNO/c19-16-8-6-13(7-9-16)17(11-20)18(21)15-5-4-12-2-1-3-14(12)10-15/h4-10,17H,1-3H2. The Morgan fingerprint density at radius 1 is 1.10 bits per heavy atom. The Hall–Kier alpha value is -2.47. The average Bonchev–Trinajstić information content (AvgIpc) is 2.97. The number of nitrogens with zero attached hydrogens (tertiary/aromatic N) is 1. The fourth-order valence-electron chi connectivity index (χ4n) is 2.83. The van der Waals surface area contributed by atoms with Crippen LogP contribution in [0.1, 0.15) is 39.4 Å². The summed E-state index contributed by atoms with van der Waals surface area (Å²) in [5, 5.41) is 9.31. The van der Waals surface area contributed by atoms with Crippen LogP contribution in [0.3, 0.4) is 0 Å². The Morgan fingerprint density at radius 2 is 1.81 bits per heavy atom. The van der Waals surface area contributed by atoms with Crippen molar-refractivity contribution < 1.29 is 9.18 Å². The first-order valence-electron chi connectivity index (χ1n) is 7.00. The molecule has 0 amide bonds. The van der Waals surface area contributed by atoms with Crippen molar-refractivity contribution in [1.82, 2.24) is 0 Å². The van der Waals surface area contributed by atoms with E-state index in [9.17, 15) is 14.4 Å². The van der Waals surface area contributed by atoms with Gasteiger partial charge in [0.05, 0.1) is 6.07 Å². The molecular weight excluding hydrogens is 265 g/mol.